The fraction of sp³-hybridized carbons (Fsp3) is 0.462. The molecule has 0 fully saturated rings. The molecule has 0 bridgehead atoms. The van der Waals surface area contributed by atoms with Crippen molar-refractivity contribution in [3.8, 4) is 0 Å². The molecule has 0 unspecified atom stereocenters. The van der Waals surface area contributed by atoms with Crippen LogP contribution in [0.15, 0.2) is 29.4 Å². The lowest BCUT2D eigenvalue weighted by Crippen LogP contribution is -2.34. The molecule has 0 saturated carbocycles. The van der Waals surface area contributed by atoms with Gasteiger partial charge >= 0.3 is 6.18 Å². The molecule has 5 nitrogen and oxygen atoms in total. The van der Waals surface area contributed by atoms with Crippen molar-refractivity contribution in [1.82, 2.24) is 13.9 Å². The average Bonchev–Trinajstić information content (AvgIpc) is 2.79. The van der Waals surface area contributed by atoms with E-state index in [9.17, 15) is 21.6 Å². The van der Waals surface area contributed by atoms with Gasteiger partial charge in [-0.05, 0) is 18.2 Å². The molecule has 0 aliphatic heterocycles. The van der Waals surface area contributed by atoms with Gasteiger partial charge in [0.25, 0.3) is 0 Å². The van der Waals surface area contributed by atoms with Gasteiger partial charge in [-0.2, -0.15) is 17.5 Å². The minimum absolute atomic E-state index is 0.0291. The lowest BCUT2D eigenvalue weighted by atomic mass is 10.3. The first-order valence-corrected chi connectivity index (χ1v) is 8.07. The number of benzene rings is 1. The van der Waals surface area contributed by atoms with Crippen LogP contribution >= 0.6 is 0 Å². The van der Waals surface area contributed by atoms with Crippen molar-refractivity contribution >= 4 is 21.1 Å². The Bertz CT molecular complexity index is 768. The summed E-state index contributed by atoms with van der Waals surface area (Å²) in [5, 5.41) is 0. The van der Waals surface area contributed by atoms with Crippen LogP contribution in [0.5, 0.6) is 0 Å². The Morgan fingerprint density at radius 3 is 2.59 bits per heavy atom. The number of fused-ring (bicyclic) bond motifs is 1. The Kier molecular flexibility index (Phi) is 4.48. The number of nitrogens with zero attached hydrogens (tertiary/aromatic N) is 3. The number of hydrogen-bond acceptors (Lipinski definition) is 3. The van der Waals surface area contributed by atoms with E-state index in [1.165, 1.54) is 19.1 Å². The maximum absolute atomic E-state index is 12.5. The van der Waals surface area contributed by atoms with Gasteiger partial charge in [0.1, 0.15) is 0 Å². The monoisotopic (exact) mass is 335 g/mol. The third kappa shape index (κ3) is 3.41. The minimum Gasteiger partial charge on any atom is -0.334 e. The fourth-order valence-electron chi connectivity index (χ4n) is 2.13. The lowest BCUT2D eigenvalue weighted by Gasteiger charge is -2.21. The summed E-state index contributed by atoms with van der Waals surface area (Å²) in [6.07, 6.45) is -4.03. The Hall–Kier alpha value is -1.61. The summed E-state index contributed by atoms with van der Waals surface area (Å²) in [6, 6.07) is 4.35. The zero-order valence-electron chi connectivity index (χ0n) is 12.1. The van der Waals surface area contributed by atoms with Gasteiger partial charge in [-0.3, -0.25) is 0 Å². The van der Waals surface area contributed by atoms with E-state index in [0.717, 1.165) is 9.82 Å². The summed E-state index contributed by atoms with van der Waals surface area (Å²) in [5.41, 5.74) is 1.23. The molecule has 22 heavy (non-hydrogen) atoms. The van der Waals surface area contributed by atoms with Crippen molar-refractivity contribution in [2.45, 2.75) is 24.4 Å². The molecule has 2 aromatic rings. The second kappa shape index (κ2) is 5.88. The third-order valence-corrected chi connectivity index (χ3v) is 5.30. The van der Waals surface area contributed by atoms with Gasteiger partial charge in [-0.25, -0.2) is 13.4 Å². The van der Waals surface area contributed by atoms with Crippen molar-refractivity contribution in [2.75, 3.05) is 13.1 Å². The molecular weight excluding hydrogens is 319 g/mol. The zero-order valence-corrected chi connectivity index (χ0v) is 12.9. The van der Waals surface area contributed by atoms with E-state index in [2.05, 4.69) is 4.98 Å². The number of imidazole rings is 1. The molecule has 0 aliphatic rings. The molecule has 1 aromatic heterocycles. The summed E-state index contributed by atoms with van der Waals surface area (Å²) < 4.78 is 64.4. The summed E-state index contributed by atoms with van der Waals surface area (Å²) in [5.74, 6) is 0. The van der Waals surface area contributed by atoms with Crippen molar-refractivity contribution in [1.29, 1.82) is 0 Å². The molecule has 0 radical (unpaired) electrons. The van der Waals surface area contributed by atoms with Crippen LogP contribution in [0.4, 0.5) is 13.2 Å². The van der Waals surface area contributed by atoms with Gasteiger partial charge < -0.3 is 4.57 Å². The number of sulfonamides is 1. The Morgan fingerprint density at radius 1 is 1.32 bits per heavy atom. The van der Waals surface area contributed by atoms with Crippen LogP contribution < -0.4 is 0 Å². The smallest absolute Gasteiger partial charge is 0.334 e. The van der Waals surface area contributed by atoms with Crippen LogP contribution in [-0.4, -0.2) is 41.5 Å². The zero-order chi connectivity index (χ0) is 16.5. The van der Waals surface area contributed by atoms with Crippen LogP contribution in [0.3, 0.4) is 0 Å². The molecule has 9 heteroatoms. The molecule has 0 amide bonds. The van der Waals surface area contributed by atoms with Crippen molar-refractivity contribution in [3.63, 3.8) is 0 Å². The van der Waals surface area contributed by atoms with E-state index in [1.54, 1.807) is 24.0 Å². The predicted molar refractivity (Wildman–Crippen MR) is 75.8 cm³/mol. The minimum atomic E-state index is -4.39. The molecular formula is C13H16F3N3O2S. The van der Waals surface area contributed by atoms with E-state index in [4.69, 9.17) is 0 Å². The van der Waals surface area contributed by atoms with E-state index in [-0.39, 0.29) is 11.4 Å². The number of rotatable bonds is 5. The standard InChI is InChI=1S/C13H16F3N3O2S/c1-3-19(7-6-13(14,15)16)22(20,21)10-4-5-12-11(8-10)17-9-18(12)2/h4-5,8-9H,3,6-7H2,1-2H3. The summed E-state index contributed by atoms with van der Waals surface area (Å²) in [7, 11) is -2.20. The highest BCUT2D eigenvalue weighted by molar-refractivity contribution is 7.89. The number of hydrogen-bond donors (Lipinski definition) is 0. The van der Waals surface area contributed by atoms with E-state index in [1.807, 2.05) is 0 Å². The second-order valence-electron chi connectivity index (χ2n) is 4.87. The highest BCUT2D eigenvalue weighted by atomic mass is 32.2. The van der Waals surface area contributed by atoms with E-state index in [0.29, 0.717) is 5.52 Å². The molecule has 122 valence electrons. The lowest BCUT2D eigenvalue weighted by molar-refractivity contribution is -0.135. The van der Waals surface area contributed by atoms with Crippen molar-refractivity contribution in [3.05, 3.63) is 24.5 Å². The third-order valence-electron chi connectivity index (χ3n) is 3.33. The van der Waals surface area contributed by atoms with Gasteiger partial charge in [-0.1, -0.05) is 6.92 Å². The number of aromatic nitrogens is 2. The molecule has 1 heterocycles. The number of aryl methyl sites for hydroxylation is 1. The molecule has 2 rings (SSSR count). The Labute approximate surface area is 126 Å². The molecule has 1 aromatic carbocycles. The SMILES string of the molecule is CCN(CCC(F)(F)F)S(=O)(=O)c1ccc2c(c1)ncn2C. The van der Waals surface area contributed by atoms with Crippen LogP contribution in [0.25, 0.3) is 11.0 Å². The van der Waals surface area contributed by atoms with Gasteiger partial charge in [0, 0.05) is 20.1 Å². The first-order chi connectivity index (χ1) is 10.1. The predicted octanol–water partition coefficient (Wildman–Crippen LogP) is 2.54. The highest BCUT2D eigenvalue weighted by Gasteiger charge is 2.31. The molecule has 0 atom stereocenters. The summed E-state index contributed by atoms with van der Waals surface area (Å²) in [4.78, 5) is 4.01. The van der Waals surface area contributed by atoms with E-state index >= 15 is 0 Å². The summed E-state index contributed by atoms with van der Waals surface area (Å²) in [6.45, 7) is 0.883. The van der Waals surface area contributed by atoms with Crippen LogP contribution in [-0.2, 0) is 17.1 Å². The Balaban J connectivity index is 2.33. The molecule has 0 aliphatic carbocycles. The first-order valence-electron chi connectivity index (χ1n) is 6.63. The van der Waals surface area contributed by atoms with Gasteiger partial charge in [0.05, 0.1) is 28.7 Å². The van der Waals surface area contributed by atoms with Crippen LogP contribution in [0.1, 0.15) is 13.3 Å². The van der Waals surface area contributed by atoms with Gasteiger partial charge in [0.2, 0.25) is 10.0 Å². The highest BCUT2D eigenvalue weighted by Crippen LogP contribution is 2.24. The number of halogens is 3. The largest absolute Gasteiger partial charge is 0.390 e. The maximum atomic E-state index is 12.5. The normalized spacial score (nSPS) is 13.2. The molecule has 0 saturated heterocycles. The van der Waals surface area contributed by atoms with E-state index < -0.39 is 29.2 Å². The summed E-state index contributed by atoms with van der Waals surface area (Å²) >= 11 is 0. The fourth-order valence-corrected chi connectivity index (χ4v) is 3.60. The van der Waals surface area contributed by atoms with Crippen molar-refractivity contribution in [2.24, 2.45) is 7.05 Å². The van der Waals surface area contributed by atoms with Crippen LogP contribution in [0.2, 0.25) is 0 Å². The molecule has 0 spiro atoms. The first kappa shape index (κ1) is 16.8. The quantitative estimate of drug-likeness (QED) is 0.844. The van der Waals surface area contributed by atoms with Gasteiger partial charge in [-0.15, -0.1) is 0 Å². The maximum Gasteiger partial charge on any atom is 0.390 e. The Morgan fingerprint density at radius 2 is 2.00 bits per heavy atom. The van der Waals surface area contributed by atoms with Crippen molar-refractivity contribution < 1.29 is 21.6 Å². The topological polar surface area (TPSA) is 55.2 Å². The number of alkyl halides is 3. The van der Waals surface area contributed by atoms with Crippen LogP contribution in [0, 0.1) is 0 Å². The average molecular weight is 335 g/mol. The molecule has 0 N–H and O–H groups in total. The second-order valence-corrected chi connectivity index (χ2v) is 6.81. The van der Waals surface area contributed by atoms with Gasteiger partial charge in [0.15, 0.2) is 0 Å².